The first-order valence-electron chi connectivity index (χ1n) is 7.18. The van der Waals surface area contributed by atoms with Gasteiger partial charge in [-0.3, -0.25) is 4.99 Å². The molecule has 0 aliphatic heterocycles. The lowest BCUT2D eigenvalue weighted by Crippen LogP contribution is -2.43. The van der Waals surface area contributed by atoms with Gasteiger partial charge in [-0.1, -0.05) is 51.1 Å². The molecule has 1 aromatic carbocycles. The van der Waals surface area contributed by atoms with E-state index < -0.39 is 0 Å². The monoisotopic (exact) mass is 401 g/mol. The molecule has 0 heterocycles. The molecule has 3 nitrogen and oxygen atoms in total. The highest BCUT2D eigenvalue weighted by molar-refractivity contribution is 14.0. The molecule has 0 bridgehead atoms. The molecule has 0 aliphatic carbocycles. The smallest absolute Gasteiger partial charge is 0.191 e. The Bertz CT molecular complexity index is 450. The van der Waals surface area contributed by atoms with E-state index >= 15 is 0 Å². The molecule has 0 saturated carbocycles. The number of hydrogen-bond acceptors (Lipinski definition) is 1. The summed E-state index contributed by atoms with van der Waals surface area (Å²) in [4.78, 5) is 4.20. The van der Waals surface area contributed by atoms with Crippen LogP contribution in [0.5, 0.6) is 0 Å². The minimum Gasteiger partial charge on any atom is -0.356 e. The highest BCUT2D eigenvalue weighted by Gasteiger charge is 2.20. The van der Waals surface area contributed by atoms with Crippen LogP contribution in [0.25, 0.3) is 0 Å². The number of nitrogens with zero attached hydrogens (tertiary/aromatic N) is 1. The van der Waals surface area contributed by atoms with E-state index in [0.29, 0.717) is 6.54 Å². The van der Waals surface area contributed by atoms with Crippen LogP contribution in [-0.4, -0.2) is 26.1 Å². The Morgan fingerprint density at radius 1 is 1.24 bits per heavy atom. The van der Waals surface area contributed by atoms with Gasteiger partial charge in [0.15, 0.2) is 5.96 Å². The van der Waals surface area contributed by atoms with E-state index in [1.54, 1.807) is 7.05 Å². The van der Waals surface area contributed by atoms with Crippen molar-refractivity contribution >= 4 is 29.9 Å². The first kappa shape index (κ1) is 20.0. The molecular formula is C17H28IN3. The van der Waals surface area contributed by atoms with Gasteiger partial charge in [-0.2, -0.15) is 0 Å². The molecule has 0 aromatic heterocycles. The molecule has 0 unspecified atom stereocenters. The van der Waals surface area contributed by atoms with Gasteiger partial charge in [-0.15, -0.1) is 30.6 Å². The second-order valence-corrected chi connectivity index (χ2v) is 5.53. The van der Waals surface area contributed by atoms with Crippen molar-refractivity contribution in [2.75, 3.05) is 20.1 Å². The minimum absolute atomic E-state index is 0. The Labute approximate surface area is 146 Å². The first-order chi connectivity index (χ1) is 9.53. The van der Waals surface area contributed by atoms with E-state index in [2.05, 4.69) is 67.2 Å². The highest BCUT2D eigenvalue weighted by atomic mass is 127. The third-order valence-corrected chi connectivity index (χ3v) is 3.48. The minimum atomic E-state index is 0. The Balaban J connectivity index is 0.00000400. The van der Waals surface area contributed by atoms with Gasteiger partial charge < -0.3 is 10.6 Å². The molecule has 0 amide bonds. The average Bonchev–Trinajstić information content (AvgIpc) is 2.47. The summed E-state index contributed by atoms with van der Waals surface area (Å²) in [7, 11) is 1.78. The zero-order chi connectivity index (χ0) is 15.0. The fraction of sp³-hybridized carbons (Fsp3) is 0.471. The summed E-state index contributed by atoms with van der Waals surface area (Å²) in [6.45, 7) is 11.9. The van der Waals surface area contributed by atoms with Crippen molar-refractivity contribution in [2.45, 2.75) is 32.6 Å². The number of aryl methyl sites for hydroxylation is 1. The van der Waals surface area contributed by atoms with E-state index in [1.165, 1.54) is 11.1 Å². The fourth-order valence-corrected chi connectivity index (χ4v) is 1.99. The Kier molecular flexibility index (Phi) is 9.33. The molecule has 0 radical (unpaired) electrons. The predicted octanol–water partition coefficient (Wildman–Crippen LogP) is 3.50. The van der Waals surface area contributed by atoms with E-state index in [-0.39, 0.29) is 29.4 Å². The molecule has 0 atom stereocenters. The van der Waals surface area contributed by atoms with Gasteiger partial charge in [-0.05, 0) is 17.5 Å². The van der Waals surface area contributed by atoms with E-state index in [9.17, 15) is 0 Å². The van der Waals surface area contributed by atoms with Crippen molar-refractivity contribution in [3.05, 3.63) is 48.0 Å². The Morgan fingerprint density at radius 2 is 1.86 bits per heavy atom. The first-order valence-corrected chi connectivity index (χ1v) is 7.18. The summed E-state index contributed by atoms with van der Waals surface area (Å²) in [6.07, 6.45) is 2.90. The number of halogens is 1. The van der Waals surface area contributed by atoms with Crippen LogP contribution in [0.2, 0.25) is 0 Å². The number of hydrogen-bond donors (Lipinski definition) is 2. The maximum atomic E-state index is 4.20. The van der Waals surface area contributed by atoms with Crippen LogP contribution in [-0.2, 0) is 11.8 Å². The molecule has 1 rings (SSSR count). The fourth-order valence-electron chi connectivity index (χ4n) is 1.99. The van der Waals surface area contributed by atoms with Crippen molar-refractivity contribution < 1.29 is 0 Å². The number of nitrogens with one attached hydrogen (secondary N) is 2. The zero-order valence-electron chi connectivity index (χ0n) is 13.6. The van der Waals surface area contributed by atoms with Gasteiger partial charge >= 0.3 is 0 Å². The Morgan fingerprint density at radius 3 is 2.33 bits per heavy atom. The maximum absolute atomic E-state index is 4.20. The summed E-state index contributed by atoms with van der Waals surface area (Å²) in [5, 5.41) is 6.54. The van der Waals surface area contributed by atoms with Crippen LogP contribution >= 0.6 is 24.0 Å². The second-order valence-electron chi connectivity index (χ2n) is 5.53. The predicted molar refractivity (Wildman–Crippen MR) is 104 cm³/mol. The molecule has 0 saturated heterocycles. The standard InChI is InChI=1S/C17H27N3.HI/c1-6-12-19-16(18-5)20-13-17(3,4)15-10-8-14(7-2)9-11-15;/h6,8-11H,1,7,12-13H2,2-5H3,(H2,18,19,20);1H. The SMILES string of the molecule is C=CCNC(=NC)NCC(C)(C)c1ccc(CC)cc1.I. The van der Waals surface area contributed by atoms with Crippen molar-refractivity contribution in [3.63, 3.8) is 0 Å². The lowest BCUT2D eigenvalue weighted by atomic mass is 9.84. The molecule has 0 spiro atoms. The molecule has 21 heavy (non-hydrogen) atoms. The Hall–Kier alpha value is -1.04. The van der Waals surface area contributed by atoms with E-state index in [1.807, 2.05) is 6.08 Å². The van der Waals surface area contributed by atoms with Crippen LogP contribution < -0.4 is 10.6 Å². The van der Waals surface area contributed by atoms with Crippen LogP contribution in [0.15, 0.2) is 41.9 Å². The lowest BCUT2D eigenvalue weighted by Gasteiger charge is -2.27. The van der Waals surface area contributed by atoms with Crippen molar-refractivity contribution in [1.82, 2.24) is 10.6 Å². The zero-order valence-corrected chi connectivity index (χ0v) is 15.9. The van der Waals surface area contributed by atoms with Gasteiger partial charge in [0.1, 0.15) is 0 Å². The molecule has 0 fully saturated rings. The number of benzene rings is 1. The van der Waals surface area contributed by atoms with Crippen LogP contribution in [0.1, 0.15) is 31.9 Å². The molecule has 4 heteroatoms. The normalized spacial score (nSPS) is 11.5. The van der Waals surface area contributed by atoms with E-state index in [0.717, 1.165) is 18.9 Å². The number of aliphatic imine (C=N–C) groups is 1. The molecule has 118 valence electrons. The average molecular weight is 401 g/mol. The van der Waals surface area contributed by atoms with E-state index in [4.69, 9.17) is 0 Å². The van der Waals surface area contributed by atoms with Crippen LogP contribution in [0, 0.1) is 0 Å². The van der Waals surface area contributed by atoms with Gasteiger partial charge in [-0.25, -0.2) is 0 Å². The highest BCUT2D eigenvalue weighted by Crippen LogP contribution is 2.22. The van der Waals surface area contributed by atoms with Crippen LogP contribution in [0.3, 0.4) is 0 Å². The maximum Gasteiger partial charge on any atom is 0.191 e. The molecule has 2 N–H and O–H groups in total. The topological polar surface area (TPSA) is 36.4 Å². The molecular weight excluding hydrogens is 373 g/mol. The number of guanidine groups is 1. The van der Waals surface area contributed by atoms with Gasteiger partial charge in [0.05, 0.1) is 0 Å². The molecule has 1 aromatic rings. The summed E-state index contributed by atoms with van der Waals surface area (Å²) >= 11 is 0. The third kappa shape index (κ3) is 6.50. The second kappa shape index (κ2) is 9.82. The van der Waals surface area contributed by atoms with Gasteiger partial charge in [0.25, 0.3) is 0 Å². The van der Waals surface area contributed by atoms with Crippen molar-refractivity contribution in [1.29, 1.82) is 0 Å². The summed E-state index contributed by atoms with van der Waals surface area (Å²) in [5.41, 5.74) is 2.76. The van der Waals surface area contributed by atoms with Crippen molar-refractivity contribution in [2.24, 2.45) is 4.99 Å². The number of rotatable bonds is 6. The van der Waals surface area contributed by atoms with Crippen molar-refractivity contribution in [3.8, 4) is 0 Å². The van der Waals surface area contributed by atoms with Gasteiger partial charge in [0.2, 0.25) is 0 Å². The third-order valence-electron chi connectivity index (χ3n) is 3.48. The van der Waals surface area contributed by atoms with Crippen LogP contribution in [0.4, 0.5) is 0 Å². The lowest BCUT2D eigenvalue weighted by molar-refractivity contribution is 0.509. The quantitative estimate of drug-likeness (QED) is 0.331. The summed E-state index contributed by atoms with van der Waals surface area (Å²) in [5.74, 6) is 0.808. The summed E-state index contributed by atoms with van der Waals surface area (Å²) < 4.78 is 0. The van der Waals surface area contributed by atoms with Gasteiger partial charge in [0, 0.05) is 25.6 Å². The summed E-state index contributed by atoms with van der Waals surface area (Å²) in [6, 6.07) is 8.87. The largest absolute Gasteiger partial charge is 0.356 e. The molecule has 0 aliphatic rings.